The Morgan fingerprint density at radius 3 is 2.84 bits per heavy atom. The van der Waals surface area contributed by atoms with E-state index >= 15 is 0 Å². The van der Waals surface area contributed by atoms with E-state index in [4.69, 9.17) is 16.3 Å². The highest BCUT2D eigenvalue weighted by Gasteiger charge is 2.29. The number of nitriles is 1. The van der Waals surface area contributed by atoms with Gasteiger partial charge in [0.25, 0.3) is 0 Å². The van der Waals surface area contributed by atoms with Gasteiger partial charge in [-0.3, -0.25) is 4.98 Å². The summed E-state index contributed by atoms with van der Waals surface area (Å²) in [7, 11) is 0. The van der Waals surface area contributed by atoms with Crippen LogP contribution in [0.25, 0.3) is 10.9 Å². The molecule has 0 saturated carbocycles. The molecule has 11 heteroatoms. The summed E-state index contributed by atoms with van der Waals surface area (Å²) in [5.41, 5.74) is 4.09. The Kier molecular flexibility index (Phi) is 6.80. The van der Waals surface area contributed by atoms with Gasteiger partial charge in [0.05, 0.1) is 28.4 Å². The first kappa shape index (κ1) is 25.7. The van der Waals surface area contributed by atoms with Crippen LogP contribution < -0.4 is 15.4 Å². The standard InChI is InChI=1S/C27H28ClFN8O/c1-15-18(6-7-21(29)33-15)24(25-26-37(36-35-25)8-5-9-38-26)34-17-10-19-22(32-14-27(2,3)4)16(12-30)13-31-23(19)20(28)11-17/h6-7,10-11,13,24,34H,5,8-9,14H2,1-4H3,(H,31,32)/t24-/m0/s1. The average Bonchev–Trinajstić information content (AvgIpc) is 3.29. The number of anilines is 2. The Hall–Kier alpha value is -3.97. The molecule has 0 fully saturated rings. The number of hydrogen-bond donors (Lipinski definition) is 2. The molecule has 1 aliphatic heterocycles. The molecule has 1 aliphatic rings. The lowest BCUT2D eigenvalue weighted by Crippen LogP contribution is -2.20. The van der Waals surface area contributed by atoms with Gasteiger partial charge in [0.1, 0.15) is 12.1 Å². The van der Waals surface area contributed by atoms with Gasteiger partial charge in [-0.25, -0.2) is 9.67 Å². The van der Waals surface area contributed by atoms with E-state index in [0.717, 1.165) is 12.0 Å². The summed E-state index contributed by atoms with van der Waals surface area (Å²) in [6.45, 7) is 9.98. The van der Waals surface area contributed by atoms with Gasteiger partial charge < -0.3 is 15.4 Å². The third-order valence-corrected chi connectivity index (χ3v) is 6.58. The van der Waals surface area contributed by atoms with Crippen molar-refractivity contribution in [1.82, 2.24) is 25.0 Å². The molecule has 0 radical (unpaired) electrons. The lowest BCUT2D eigenvalue weighted by molar-refractivity contribution is 0.227. The molecular weight excluding hydrogens is 507 g/mol. The van der Waals surface area contributed by atoms with Gasteiger partial charge in [-0.05, 0) is 30.5 Å². The van der Waals surface area contributed by atoms with Crippen LogP contribution in [0, 0.1) is 29.6 Å². The van der Waals surface area contributed by atoms with Crippen LogP contribution in [0.4, 0.5) is 15.8 Å². The van der Waals surface area contributed by atoms with Crippen LogP contribution in [0.2, 0.25) is 5.02 Å². The Labute approximate surface area is 225 Å². The third-order valence-electron chi connectivity index (χ3n) is 6.30. The fourth-order valence-electron chi connectivity index (χ4n) is 4.45. The van der Waals surface area contributed by atoms with Crippen LogP contribution in [0.3, 0.4) is 0 Å². The number of nitrogens with one attached hydrogen (secondary N) is 2. The highest BCUT2D eigenvalue weighted by molar-refractivity contribution is 6.35. The van der Waals surface area contributed by atoms with E-state index in [-0.39, 0.29) is 5.41 Å². The second kappa shape index (κ2) is 10.1. The van der Waals surface area contributed by atoms with Crippen LogP contribution in [0.1, 0.15) is 55.7 Å². The van der Waals surface area contributed by atoms with Gasteiger partial charge in [-0.15, -0.1) is 5.10 Å². The number of aryl methyl sites for hydroxylation is 2. The number of aromatic nitrogens is 5. The maximum Gasteiger partial charge on any atom is 0.238 e. The van der Waals surface area contributed by atoms with E-state index in [0.29, 0.717) is 69.8 Å². The molecule has 38 heavy (non-hydrogen) atoms. The predicted molar refractivity (Wildman–Crippen MR) is 144 cm³/mol. The first-order chi connectivity index (χ1) is 18.1. The molecule has 0 spiro atoms. The van der Waals surface area contributed by atoms with Gasteiger partial charge in [-0.2, -0.15) is 9.65 Å². The molecule has 2 N–H and O–H groups in total. The van der Waals surface area contributed by atoms with Gasteiger partial charge in [0.15, 0.2) is 5.69 Å². The maximum absolute atomic E-state index is 13.9. The van der Waals surface area contributed by atoms with Crippen LogP contribution in [-0.4, -0.2) is 38.1 Å². The normalized spacial score (nSPS) is 13.9. The van der Waals surface area contributed by atoms with Crippen LogP contribution in [0.5, 0.6) is 5.88 Å². The zero-order chi connectivity index (χ0) is 27.0. The smallest absolute Gasteiger partial charge is 0.238 e. The molecule has 0 unspecified atom stereocenters. The van der Waals surface area contributed by atoms with Crippen molar-refractivity contribution >= 4 is 33.9 Å². The molecule has 3 aromatic heterocycles. The predicted octanol–water partition coefficient (Wildman–Crippen LogP) is 5.64. The molecule has 196 valence electrons. The van der Waals surface area contributed by atoms with Crippen molar-refractivity contribution in [2.75, 3.05) is 23.8 Å². The topological polar surface area (TPSA) is 114 Å². The number of nitrogens with zero attached hydrogens (tertiary/aromatic N) is 6. The molecule has 0 bridgehead atoms. The van der Waals surface area contributed by atoms with Gasteiger partial charge in [-0.1, -0.05) is 43.7 Å². The summed E-state index contributed by atoms with van der Waals surface area (Å²) in [6.07, 6.45) is 2.37. The fraction of sp³-hybridized carbons (Fsp3) is 0.370. The van der Waals surface area contributed by atoms with E-state index in [2.05, 4.69) is 57.8 Å². The summed E-state index contributed by atoms with van der Waals surface area (Å²) >= 11 is 6.71. The Morgan fingerprint density at radius 1 is 1.29 bits per heavy atom. The number of benzene rings is 1. The van der Waals surface area contributed by atoms with Crippen molar-refractivity contribution in [2.24, 2.45) is 5.41 Å². The van der Waals surface area contributed by atoms with Crippen LogP contribution in [0.15, 0.2) is 30.5 Å². The summed E-state index contributed by atoms with van der Waals surface area (Å²) in [6, 6.07) is 8.34. The number of fused-ring (bicyclic) bond motifs is 2. The Morgan fingerprint density at radius 2 is 2.11 bits per heavy atom. The first-order valence-corrected chi connectivity index (χ1v) is 12.7. The van der Waals surface area contributed by atoms with Crippen molar-refractivity contribution in [2.45, 2.75) is 46.7 Å². The largest absolute Gasteiger partial charge is 0.476 e. The summed E-state index contributed by atoms with van der Waals surface area (Å²) in [5, 5.41) is 26.5. The van der Waals surface area contributed by atoms with E-state index in [1.807, 2.05) is 6.07 Å². The SMILES string of the molecule is Cc1nc(F)ccc1[C@H](Nc1cc(Cl)c2ncc(C#N)c(NCC(C)(C)C)c2c1)c1nnn2c1OCCC2. The van der Waals surface area contributed by atoms with E-state index in [1.54, 1.807) is 23.7 Å². The van der Waals surface area contributed by atoms with E-state index in [9.17, 15) is 9.65 Å². The minimum atomic E-state index is -0.565. The van der Waals surface area contributed by atoms with E-state index < -0.39 is 12.0 Å². The highest BCUT2D eigenvalue weighted by atomic mass is 35.5. The average molecular weight is 535 g/mol. The fourth-order valence-corrected chi connectivity index (χ4v) is 4.72. The van der Waals surface area contributed by atoms with Crippen LogP contribution in [-0.2, 0) is 6.54 Å². The first-order valence-electron chi connectivity index (χ1n) is 12.4. The van der Waals surface area contributed by atoms with Gasteiger partial charge >= 0.3 is 0 Å². The quantitative estimate of drug-likeness (QED) is 0.306. The number of pyridine rings is 2. The highest BCUT2D eigenvalue weighted by Crippen LogP contribution is 2.38. The monoisotopic (exact) mass is 534 g/mol. The lowest BCUT2D eigenvalue weighted by atomic mass is 9.96. The van der Waals surface area contributed by atoms with Crippen LogP contribution >= 0.6 is 11.6 Å². The molecule has 0 saturated heterocycles. The van der Waals surface area contributed by atoms with E-state index in [1.165, 1.54) is 12.3 Å². The molecule has 1 aromatic carbocycles. The number of rotatable bonds is 6. The van der Waals surface area contributed by atoms with Crippen molar-refractivity contribution in [3.8, 4) is 11.9 Å². The Balaban J connectivity index is 1.63. The summed E-state index contributed by atoms with van der Waals surface area (Å²) < 4.78 is 21.6. The molecular formula is C27H28ClFN8O. The summed E-state index contributed by atoms with van der Waals surface area (Å²) in [5.74, 6) is -0.00464. The lowest BCUT2D eigenvalue weighted by Gasteiger charge is -2.24. The molecule has 4 aromatic rings. The number of halogens is 2. The second-order valence-electron chi connectivity index (χ2n) is 10.5. The molecule has 1 atom stereocenters. The third kappa shape index (κ3) is 5.07. The second-order valence-corrected chi connectivity index (χ2v) is 10.9. The zero-order valence-electron chi connectivity index (χ0n) is 21.6. The molecule has 9 nitrogen and oxygen atoms in total. The van der Waals surface area contributed by atoms with Gasteiger partial charge in [0.2, 0.25) is 11.8 Å². The molecule has 0 amide bonds. The van der Waals surface area contributed by atoms with Crippen molar-refractivity contribution in [3.63, 3.8) is 0 Å². The Bertz CT molecular complexity index is 1560. The van der Waals surface area contributed by atoms with Crippen molar-refractivity contribution < 1.29 is 9.13 Å². The number of ether oxygens (including phenoxy) is 1. The maximum atomic E-state index is 13.9. The molecule has 4 heterocycles. The minimum absolute atomic E-state index is 0.0204. The zero-order valence-corrected chi connectivity index (χ0v) is 22.4. The minimum Gasteiger partial charge on any atom is -0.476 e. The van der Waals surface area contributed by atoms with Crippen molar-refractivity contribution in [1.29, 1.82) is 5.26 Å². The van der Waals surface area contributed by atoms with Crippen molar-refractivity contribution in [3.05, 3.63) is 63.9 Å². The number of hydrogen-bond acceptors (Lipinski definition) is 8. The van der Waals surface area contributed by atoms with Gasteiger partial charge in [0, 0.05) is 48.0 Å². The summed E-state index contributed by atoms with van der Waals surface area (Å²) in [4.78, 5) is 8.47. The molecule has 5 rings (SSSR count). The molecule has 0 aliphatic carbocycles.